The summed E-state index contributed by atoms with van der Waals surface area (Å²) in [6.07, 6.45) is 3.59. The molecule has 0 amide bonds. The van der Waals surface area contributed by atoms with Crippen molar-refractivity contribution in [3.63, 3.8) is 0 Å². The number of aliphatic hydroxyl groups is 1. The predicted octanol–water partition coefficient (Wildman–Crippen LogP) is 1.79. The van der Waals surface area contributed by atoms with E-state index < -0.39 is 4.92 Å². The van der Waals surface area contributed by atoms with Crippen molar-refractivity contribution in [1.29, 1.82) is 0 Å². The van der Waals surface area contributed by atoms with Crippen molar-refractivity contribution < 1.29 is 10.0 Å². The molecule has 20 heavy (non-hydrogen) atoms. The molecule has 7 nitrogen and oxygen atoms in total. The van der Waals surface area contributed by atoms with Crippen molar-refractivity contribution in [2.45, 2.75) is 32.2 Å². The fourth-order valence-electron chi connectivity index (χ4n) is 2.21. The first-order chi connectivity index (χ1) is 9.63. The number of aryl methyl sites for hydroxylation is 1. The maximum Gasteiger partial charge on any atom is 0.272 e. The van der Waals surface area contributed by atoms with E-state index in [1.807, 2.05) is 0 Å². The van der Waals surface area contributed by atoms with Crippen molar-refractivity contribution in [2.75, 3.05) is 6.61 Å². The maximum absolute atomic E-state index is 11.8. The largest absolute Gasteiger partial charge is 0.396 e. The van der Waals surface area contributed by atoms with Gasteiger partial charge in [0.1, 0.15) is 0 Å². The van der Waals surface area contributed by atoms with Crippen LogP contribution in [0.1, 0.15) is 25.7 Å². The molecule has 2 rings (SSSR count). The van der Waals surface area contributed by atoms with Gasteiger partial charge in [-0.05, 0) is 18.9 Å². The van der Waals surface area contributed by atoms with Crippen LogP contribution in [0.15, 0.2) is 23.0 Å². The number of hydrogen-bond donors (Lipinski definition) is 2. The van der Waals surface area contributed by atoms with Crippen molar-refractivity contribution in [2.24, 2.45) is 0 Å². The van der Waals surface area contributed by atoms with E-state index in [0.717, 1.165) is 25.7 Å². The average molecular weight is 279 g/mol. The second-order valence-electron chi connectivity index (χ2n) is 4.69. The summed E-state index contributed by atoms with van der Waals surface area (Å²) in [6.45, 7) is 0.856. The lowest BCUT2D eigenvalue weighted by atomic mass is 10.2. The Bertz CT molecular complexity index is 659. The van der Waals surface area contributed by atoms with Gasteiger partial charge in [0, 0.05) is 25.3 Å². The molecule has 0 bridgehead atoms. The van der Waals surface area contributed by atoms with E-state index in [-0.39, 0.29) is 17.9 Å². The monoisotopic (exact) mass is 279 g/mol. The lowest BCUT2D eigenvalue weighted by Gasteiger charge is -2.04. The molecular formula is C13H17N3O4. The molecule has 0 fully saturated rings. The zero-order valence-electron chi connectivity index (χ0n) is 11.0. The molecule has 108 valence electrons. The van der Waals surface area contributed by atoms with Crippen LogP contribution in [-0.4, -0.2) is 26.4 Å². The van der Waals surface area contributed by atoms with E-state index in [4.69, 9.17) is 5.11 Å². The lowest BCUT2D eigenvalue weighted by Crippen LogP contribution is -2.06. The SMILES string of the molecule is O=c1[nH]n(CCCCCCO)c2ccc([N+](=O)[O-])cc12. The van der Waals surface area contributed by atoms with E-state index in [1.54, 1.807) is 10.7 Å². The Morgan fingerprint density at radius 1 is 1.25 bits per heavy atom. The van der Waals surface area contributed by atoms with Gasteiger partial charge < -0.3 is 5.11 Å². The molecule has 2 aromatic rings. The summed E-state index contributed by atoms with van der Waals surface area (Å²) in [5, 5.41) is 22.4. The Morgan fingerprint density at radius 2 is 2.00 bits per heavy atom. The summed E-state index contributed by atoms with van der Waals surface area (Å²) >= 11 is 0. The van der Waals surface area contributed by atoms with Gasteiger partial charge in [0.05, 0.1) is 15.8 Å². The number of nitro groups is 1. The molecule has 1 aromatic carbocycles. The van der Waals surface area contributed by atoms with Crippen LogP contribution in [0, 0.1) is 10.1 Å². The number of hydrogen-bond acceptors (Lipinski definition) is 4. The van der Waals surface area contributed by atoms with E-state index in [1.165, 1.54) is 12.1 Å². The number of non-ortho nitro benzene ring substituents is 1. The van der Waals surface area contributed by atoms with Crippen LogP contribution in [0.4, 0.5) is 5.69 Å². The first-order valence-corrected chi connectivity index (χ1v) is 6.61. The van der Waals surface area contributed by atoms with E-state index >= 15 is 0 Å². The molecule has 0 saturated carbocycles. The summed E-state index contributed by atoms with van der Waals surface area (Å²) in [5.74, 6) is 0. The molecule has 0 aliphatic carbocycles. The Labute approximate surface area is 115 Å². The van der Waals surface area contributed by atoms with Crippen LogP contribution in [0.3, 0.4) is 0 Å². The molecule has 1 heterocycles. The van der Waals surface area contributed by atoms with Gasteiger partial charge in [-0.25, -0.2) is 0 Å². The van der Waals surface area contributed by atoms with Crippen LogP contribution < -0.4 is 5.56 Å². The highest BCUT2D eigenvalue weighted by Gasteiger charge is 2.12. The lowest BCUT2D eigenvalue weighted by molar-refractivity contribution is -0.384. The van der Waals surface area contributed by atoms with E-state index in [0.29, 0.717) is 17.4 Å². The topological polar surface area (TPSA) is 101 Å². The van der Waals surface area contributed by atoms with Gasteiger partial charge in [-0.1, -0.05) is 12.8 Å². The van der Waals surface area contributed by atoms with Gasteiger partial charge in [-0.3, -0.25) is 24.7 Å². The number of rotatable bonds is 7. The number of aliphatic hydroxyl groups excluding tert-OH is 1. The third-order valence-corrected chi connectivity index (χ3v) is 3.25. The Hall–Kier alpha value is -2.15. The maximum atomic E-state index is 11.8. The predicted molar refractivity (Wildman–Crippen MR) is 74.8 cm³/mol. The number of nitrogens with zero attached hydrogens (tertiary/aromatic N) is 2. The number of unbranched alkanes of at least 4 members (excludes halogenated alkanes) is 3. The zero-order chi connectivity index (χ0) is 14.5. The standard InChI is InChI=1S/C13H17N3O4/c17-8-4-2-1-3-7-15-12-6-5-10(16(19)20)9-11(12)13(18)14-15/h5-6,9,17H,1-4,7-8H2,(H,14,18). The van der Waals surface area contributed by atoms with Crippen LogP contribution in [0.2, 0.25) is 0 Å². The minimum Gasteiger partial charge on any atom is -0.396 e. The summed E-state index contributed by atoms with van der Waals surface area (Å²) in [7, 11) is 0. The quantitative estimate of drug-likeness (QED) is 0.458. The van der Waals surface area contributed by atoms with Crippen LogP contribution in [0.25, 0.3) is 10.9 Å². The molecule has 0 atom stereocenters. The van der Waals surface area contributed by atoms with E-state index in [9.17, 15) is 14.9 Å². The minimum absolute atomic E-state index is 0.0799. The second-order valence-corrected chi connectivity index (χ2v) is 4.69. The molecular weight excluding hydrogens is 262 g/mol. The number of fused-ring (bicyclic) bond motifs is 1. The van der Waals surface area contributed by atoms with Gasteiger partial charge >= 0.3 is 0 Å². The van der Waals surface area contributed by atoms with E-state index in [2.05, 4.69) is 5.10 Å². The third kappa shape index (κ3) is 3.05. The third-order valence-electron chi connectivity index (χ3n) is 3.25. The zero-order valence-corrected chi connectivity index (χ0v) is 11.0. The highest BCUT2D eigenvalue weighted by atomic mass is 16.6. The highest BCUT2D eigenvalue weighted by molar-refractivity contribution is 5.80. The van der Waals surface area contributed by atoms with Gasteiger partial charge in [0.25, 0.3) is 11.2 Å². The second kappa shape index (κ2) is 6.33. The number of nitro benzene ring substituents is 1. The molecule has 2 N–H and O–H groups in total. The number of benzene rings is 1. The van der Waals surface area contributed by atoms with Gasteiger partial charge in [-0.2, -0.15) is 0 Å². The normalized spacial score (nSPS) is 11.1. The Morgan fingerprint density at radius 3 is 2.70 bits per heavy atom. The van der Waals surface area contributed by atoms with Crippen molar-refractivity contribution >= 4 is 16.6 Å². The molecule has 0 radical (unpaired) electrons. The number of H-pyrrole nitrogens is 1. The van der Waals surface area contributed by atoms with Gasteiger partial charge in [0.15, 0.2) is 0 Å². The highest BCUT2D eigenvalue weighted by Crippen LogP contribution is 2.18. The van der Waals surface area contributed by atoms with Gasteiger partial charge in [-0.15, -0.1) is 0 Å². The molecule has 0 saturated heterocycles. The first kappa shape index (κ1) is 14.3. The minimum atomic E-state index is -0.509. The smallest absolute Gasteiger partial charge is 0.272 e. The summed E-state index contributed by atoms with van der Waals surface area (Å²) in [6, 6.07) is 4.30. The molecule has 1 aromatic heterocycles. The number of aromatic amines is 1. The fraction of sp³-hybridized carbons (Fsp3) is 0.462. The summed E-state index contributed by atoms with van der Waals surface area (Å²) in [5.41, 5.74) is 0.297. The summed E-state index contributed by atoms with van der Waals surface area (Å²) < 4.78 is 1.72. The molecule has 7 heteroatoms. The Balaban J connectivity index is 2.15. The molecule has 0 unspecified atom stereocenters. The number of aromatic nitrogens is 2. The van der Waals surface area contributed by atoms with Crippen molar-refractivity contribution in [3.05, 3.63) is 38.7 Å². The molecule has 0 aliphatic heterocycles. The Kier molecular flexibility index (Phi) is 4.52. The van der Waals surface area contributed by atoms with Crippen molar-refractivity contribution in [1.82, 2.24) is 9.78 Å². The average Bonchev–Trinajstić information content (AvgIpc) is 2.75. The van der Waals surface area contributed by atoms with Crippen LogP contribution in [0.5, 0.6) is 0 Å². The van der Waals surface area contributed by atoms with Gasteiger partial charge in [0.2, 0.25) is 0 Å². The fourth-order valence-corrected chi connectivity index (χ4v) is 2.21. The number of nitrogens with one attached hydrogen (secondary N) is 1. The molecule has 0 spiro atoms. The van der Waals surface area contributed by atoms with Crippen LogP contribution >= 0.6 is 0 Å². The van der Waals surface area contributed by atoms with Crippen LogP contribution in [-0.2, 0) is 6.54 Å². The first-order valence-electron chi connectivity index (χ1n) is 6.61. The van der Waals surface area contributed by atoms with Crippen molar-refractivity contribution in [3.8, 4) is 0 Å². The molecule has 0 aliphatic rings. The summed E-state index contributed by atoms with van der Waals surface area (Å²) in [4.78, 5) is 22.0.